The highest BCUT2D eigenvalue weighted by Crippen LogP contribution is 2.30. The maximum absolute atomic E-state index is 12.9. The van der Waals surface area contributed by atoms with Gasteiger partial charge in [0.2, 0.25) is 10.0 Å². The minimum Gasteiger partial charge on any atom is -0.345 e. The summed E-state index contributed by atoms with van der Waals surface area (Å²) in [7, 11) is -3.48. The van der Waals surface area contributed by atoms with Crippen molar-refractivity contribution >= 4 is 21.6 Å². The van der Waals surface area contributed by atoms with Crippen LogP contribution in [-0.4, -0.2) is 20.6 Å². The van der Waals surface area contributed by atoms with E-state index in [0.29, 0.717) is 11.3 Å². The predicted octanol–water partition coefficient (Wildman–Crippen LogP) is 5.08. The van der Waals surface area contributed by atoms with Crippen molar-refractivity contribution < 1.29 is 13.2 Å². The van der Waals surface area contributed by atoms with Crippen LogP contribution in [-0.2, 0) is 23.0 Å². The molecule has 5 nitrogen and oxygen atoms in total. The quantitative estimate of drug-likeness (QED) is 0.556. The number of nitrogens with zero attached hydrogens (tertiary/aromatic N) is 1. The fourth-order valence-corrected chi connectivity index (χ4v) is 5.38. The van der Waals surface area contributed by atoms with Crippen LogP contribution in [0.4, 0.5) is 5.69 Å². The molecule has 0 spiro atoms. The Morgan fingerprint density at radius 2 is 1.76 bits per heavy atom. The molecule has 3 aromatic carbocycles. The lowest BCUT2D eigenvalue weighted by atomic mass is 9.87. The molecule has 0 aromatic heterocycles. The number of aryl methyl sites for hydroxylation is 3. The van der Waals surface area contributed by atoms with E-state index in [-0.39, 0.29) is 18.5 Å². The summed E-state index contributed by atoms with van der Waals surface area (Å²) in [6.45, 7) is 4.06. The van der Waals surface area contributed by atoms with Crippen LogP contribution in [0, 0.1) is 13.8 Å². The van der Waals surface area contributed by atoms with Gasteiger partial charge in [0.15, 0.2) is 0 Å². The summed E-state index contributed by atoms with van der Waals surface area (Å²) in [6, 6.07) is 21.3. The molecule has 1 N–H and O–H groups in total. The second-order valence-corrected chi connectivity index (χ2v) is 10.8. The molecule has 1 atom stereocenters. The number of carbonyl (C=O) groups is 1. The number of sulfonamides is 1. The molecule has 1 aliphatic carbocycles. The molecule has 1 amide bonds. The fourth-order valence-electron chi connectivity index (χ4n) is 4.44. The van der Waals surface area contributed by atoms with Crippen molar-refractivity contribution in [2.75, 3.05) is 10.6 Å². The summed E-state index contributed by atoms with van der Waals surface area (Å²) in [5, 5.41) is 3.17. The molecule has 0 fully saturated rings. The van der Waals surface area contributed by atoms with Crippen molar-refractivity contribution in [1.82, 2.24) is 5.32 Å². The molecule has 0 saturated carbocycles. The van der Waals surface area contributed by atoms with E-state index in [1.807, 2.05) is 56.3 Å². The highest BCUT2D eigenvalue weighted by molar-refractivity contribution is 7.92. The number of carbonyl (C=O) groups excluding carboxylic acids is 1. The molecular weight excluding hydrogens is 432 g/mol. The third-order valence-corrected chi connectivity index (χ3v) is 7.38. The van der Waals surface area contributed by atoms with Gasteiger partial charge in [-0.05, 0) is 79.1 Å². The van der Waals surface area contributed by atoms with Gasteiger partial charge in [-0.2, -0.15) is 0 Å². The Kier molecular flexibility index (Phi) is 6.56. The lowest BCUT2D eigenvalue weighted by molar-refractivity contribution is 0.0932. The van der Waals surface area contributed by atoms with Gasteiger partial charge in [0.1, 0.15) is 0 Å². The zero-order chi connectivity index (χ0) is 23.6. The van der Waals surface area contributed by atoms with E-state index >= 15 is 0 Å². The number of rotatable bonds is 6. The van der Waals surface area contributed by atoms with Crippen LogP contribution < -0.4 is 9.62 Å². The summed E-state index contributed by atoms with van der Waals surface area (Å²) in [5.41, 5.74) is 6.47. The maximum atomic E-state index is 12.9. The molecule has 0 saturated heterocycles. The van der Waals surface area contributed by atoms with Crippen molar-refractivity contribution in [3.05, 3.63) is 100 Å². The first-order valence-corrected chi connectivity index (χ1v) is 13.1. The van der Waals surface area contributed by atoms with Crippen LogP contribution in [0.15, 0.2) is 66.7 Å². The molecule has 0 heterocycles. The summed E-state index contributed by atoms with van der Waals surface area (Å²) in [4.78, 5) is 12.9. The number of anilines is 1. The van der Waals surface area contributed by atoms with Crippen LogP contribution >= 0.6 is 0 Å². The molecule has 0 aliphatic heterocycles. The first-order chi connectivity index (χ1) is 15.7. The highest BCUT2D eigenvalue weighted by atomic mass is 32.2. The van der Waals surface area contributed by atoms with Gasteiger partial charge in [0, 0.05) is 5.56 Å². The Hall–Kier alpha value is -3.12. The largest absolute Gasteiger partial charge is 0.345 e. The van der Waals surface area contributed by atoms with E-state index in [9.17, 15) is 13.2 Å². The first kappa shape index (κ1) is 23.1. The lowest BCUT2D eigenvalue weighted by Gasteiger charge is -2.26. The lowest BCUT2D eigenvalue weighted by Crippen LogP contribution is -2.31. The van der Waals surface area contributed by atoms with Gasteiger partial charge >= 0.3 is 0 Å². The van der Waals surface area contributed by atoms with Crippen molar-refractivity contribution in [3.63, 3.8) is 0 Å². The SMILES string of the molecule is Cc1ccc(C)c(N(Cc2ccc(C(=O)NC3CCCc4ccccc43)cc2)S(C)(=O)=O)c1. The minimum absolute atomic E-state index is 0.0205. The Morgan fingerprint density at radius 1 is 1.03 bits per heavy atom. The van der Waals surface area contributed by atoms with Crippen LogP contribution in [0.1, 0.15) is 57.1 Å². The summed E-state index contributed by atoms with van der Waals surface area (Å²) in [6.07, 6.45) is 4.26. The Balaban J connectivity index is 1.51. The predicted molar refractivity (Wildman–Crippen MR) is 133 cm³/mol. The second kappa shape index (κ2) is 9.40. The third kappa shape index (κ3) is 5.28. The van der Waals surface area contributed by atoms with Crippen molar-refractivity contribution in [2.24, 2.45) is 0 Å². The van der Waals surface area contributed by atoms with E-state index in [1.165, 1.54) is 21.7 Å². The molecule has 6 heteroatoms. The highest BCUT2D eigenvalue weighted by Gasteiger charge is 2.23. The standard InChI is InChI=1S/C27H30N2O3S/c1-19-11-12-20(2)26(17-19)29(33(3,31)32)18-21-13-15-23(16-14-21)27(30)28-25-10-6-8-22-7-4-5-9-24(22)25/h4-5,7,9,11-17,25H,6,8,10,18H2,1-3H3,(H,28,30). The first-order valence-electron chi connectivity index (χ1n) is 11.2. The zero-order valence-electron chi connectivity index (χ0n) is 19.3. The number of benzene rings is 3. The van der Waals surface area contributed by atoms with Gasteiger partial charge in [0.05, 0.1) is 24.5 Å². The Morgan fingerprint density at radius 3 is 2.48 bits per heavy atom. The van der Waals surface area contributed by atoms with Gasteiger partial charge < -0.3 is 5.32 Å². The molecule has 0 radical (unpaired) electrons. The Bertz CT molecular complexity index is 1270. The fraction of sp³-hybridized carbons (Fsp3) is 0.296. The van der Waals surface area contributed by atoms with Gasteiger partial charge in [-0.3, -0.25) is 9.10 Å². The van der Waals surface area contributed by atoms with Crippen LogP contribution in [0.5, 0.6) is 0 Å². The van der Waals surface area contributed by atoms with E-state index in [1.54, 1.807) is 12.1 Å². The molecule has 172 valence electrons. The summed E-state index contributed by atoms with van der Waals surface area (Å²) in [5.74, 6) is -0.113. The van der Waals surface area contributed by atoms with Crippen molar-refractivity contribution in [1.29, 1.82) is 0 Å². The molecular formula is C27H30N2O3S. The number of amides is 1. The van der Waals surface area contributed by atoms with Gasteiger partial charge in [-0.1, -0.05) is 48.5 Å². The maximum Gasteiger partial charge on any atom is 0.251 e. The average molecular weight is 463 g/mol. The van der Waals surface area contributed by atoms with Gasteiger partial charge in [-0.25, -0.2) is 8.42 Å². The molecule has 3 aromatic rings. The third-order valence-electron chi connectivity index (χ3n) is 6.25. The number of fused-ring (bicyclic) bond motifs is 1. The minimum atomic E-state index is -3.48. The number of nitrogens with one attached hydrogen (secondary N) is 1. The van der Waals surface area contributed by atoms with Crippen molar-refractivity contribution in [3.8, 4) is 0 Å². The van der Waals surface area contributed by atoms with E-state index in [2.05, 4.69) is 17.4 Å². The smallest absolute Gasteiger partial charge is 0.251 e. The molecule has 0 bridgehead atoms. The van der Waals surface area contributed by atoms with Crippen LogP contribution in [0.25, 0.3) is 0 Å². The average Bonchev–Trinajstić information content (AvgIpc) is 2.79. The number of hydrogen-bond donors (Lipinski definition) is 1. The molecule has 33 heavy (non-hydrogen) atoms. The number of hydrogen-bond acceptors (Lipinski definition) is 3. The Labute approximate surface area is 196 Å². The zero-order valence-corrected chi connectivity index (χ0v) is 20.2. The molecule has 1 aliphatic rings. The van der Waals surface area contributed by atoms with Gasteiger partial charge in [0.25, 0.3) is 5.91 Å². The monoisotopic (exact) mass is 462 g/mol. The van der Waals surface area contributed by atoms with Gasteiger partial charge in [-0.15, -0.1) is 0 Å². The summed E-state index contributed by atoms with van der Waals surface area (Å²) < 4.78 is 26.5. The normalized spacial score (nSPS) is 15.5. The topological polar surface area (TPSA) is 66.5 Å². The van der Waals surface area contributed by atoms with Crippen LogP contribution in [0.3, 0.4) is 0 Å². The van der Waals surface area contributed by atoms with Crippen molar-refractivity contribution in [2.45, 2.75) is 45.7 Å². The van der Waals surface area contributed by atoms with E-state index < -0.39 is 10.0 Å². The summed E-state index contributed by atoms with van der Waals surface area (Å²) >= 11 is 0. The molecule has 1 unspecified atom stereocenters. The van der Waals surface area contributed by atoms with Crippen LogP contribution in [0.2, 0.25) is 0 Å². The van der Waals surface area contributed by atoms with E-state index in [4.69, 9.17) is 0 Å². The van der Waals surface area contributed by atoms with E-state index in [0.717, 1.165) is 36.0 Å². The molecule has 4 rings (SSSR count). The second-order valence-electron chi connectivity index (χ2n) is 8.87.